The van der Waals surface area contributed by atoms with Gasteiger partial charge in [-0.1, -0.05) is 6.08 Å². The van der Waals surface area contributed by atoms with E-state index < -0.39 is 15.7 Å². The summed E-state index contributed by atoms with van der Waals surface area (Å²) in [5.41, 5.74) is 6.39. The Balaban J connectivity index is 2.22. The van der Waals surface area contributed by atoms with Crippen LogP contribution in [0.15, 0.2) is 23.6 Å². The number of hydrogen-bond acceptors (Lipinski definition) is 5. The zero-order chi connectivity index (χ0) is 14.9. The Morgan fingerprint density at radius 2 is 2.15 bits per heavy atom. The second kappa shape index (κ2) is 5.32. The van der Waals surface area contributed by atoms with Gasteiger partial charge in [0, 0.05) is 17.5 Å². The third-order valence-electron chi connectivity index (χ3n) is 2.74. The minimum absolute atomic E-state index is 0.0375. The van der Waals surface area contributed by atoms with Gasteiger partial charge in [0.25, 0.3) is 0 Å². The number of anilines is 2. The van der Waals surface area contributed by atoms with E-state index in [9.17, 15) is 12.8 Å². The highest BCUT2D eigenvalue weighted by Gasteiger charge is 2.22. The normalized spacial score (nSPS) is 20.3. The average Bonchev–Trinajstić information content (AvgIpc) is 2.64. The van der Waals surface area contributed by atoms with Crippen LogP contribution in [0.1, 0.15) is 13.8 Å². The summed E-state index contributed by atoms with van der Waals surface area (Å²) < 4.78 is 41.7. The molecule has 0 bridgehead atoms. The minimum atomic E-state index is -3.15. The van der Waals surface area contributed by atoms with Crippen molar-refractivity contribution in [2.24, 2.45) is 0 Å². The SMILES string of the molecule is CC(C)Oc1cc(NC2C=CS(=O)(=O)C2)c(N)cc1F. The van der Waals surface area contributed by atoms with E-state index >= 15 is 0 Å². The van der Waals surface area contributed by atoms with Crippen LogP contribution in [0.5, 0.6) is 5.75 Å². The molecule has 3 N–H and O–H groups in total. The van der Waals surface area contributed by atoms with E-state index in [1.807, 2.05) is 0 Å². The van der Waals surface area contributed by atoms with Crippen molar-refractivity contribution >= 4 is 21.2 Å². The predicted molar refractivity (Wildman–Crippen MR) is 76.9 cm³/mol. The van der Waals surface area contributed by atoms with Crippen molar-refractivity contribution in [2.75, 3.05) is 16.8 Å². The molecule has 1 unspecified atom stereocenters. The van der Waals surface area contributed by atoms with E-state index in [-0.39, 0.29) is 29.3 Å². The van der Waals surface area contributed by atoms with Crippen molar-refractivity contribution in [3.63, 3.8) is 0 Å². The Bertz CT molecular complexity index is 641. The first-order valence-corrected chi connectivity index (χ1v) is 7.91. The fourth-order valence-electron chi connectivity index (χ4n) is 1.90. The highest BCUT2D eigenvalue weighted by atomic mass is 32.2. The summed E-state index contributed by atoms with van der Waals surface area (Å²) in [6.45, 7) is 3.57. The van der Waals surface area contributed by atoms with Crippen LogP contribution in [0.2, 0.25) is 0 Å². The van der Waals surface area contributed by atoms with Crippen LogP contribution in [-0.2, 0) is 9.84 Å². The number of benzene rings is 1. The van der Waals surface area contributed by atoms with Crippen LogP contribution in [-0.4, -0.2) is 26.3 Å². The second-order valence-electron chi connectivity index (χ2n) is 4.95. The number of nitrogen functional groups attached to an aromatic ring is 1. The predicted octanol–water partition coefficient (Wildman–Crippen LogP) is 1.92. The van der Waals surface area contributed by atoms with Crippen LogP contribution >= 0.6 is 0 Å². The van der Waals surface area contributed by atoms with Gasteiger partial charge in [-0.2, -0.15) is 0 Å². The van der Waals surface area contributed by atoms with E-state index in [0.717, 1.165) is 11.5 Å². The maximum Gasteiger partial charge on any atom is 0.173 e. The Hall–Kier alpha value is -1.76. The van der Waals surface area contributed by atoms with Crippen LogP contribution < -0.4 is 15.8 Å². The van der Waals surface area contributed by atoms with E-state index in [1.165, 1.54) is 6.07 Å². The highest BCUT2D eigenvalue weighted by Crippen LogP contribution is 2.30. The molecule has 7 heteroatoms. The largest absolute Gasteiger partial charge is 0.488 e. The zero-order valence-corrected chi connectivity index (χ0v) is 12.1. The maximum absolute atomic E-state index is 13.7. The quantitative estimate of drug-likeness (QED) is 0.830. The molecule has 0 aromatic heterocycles. The maximum atomic E-state index is 13.7. The third kappa shape index (κ3) is 3.41. The fraction of sp³-hybridized carbons (Fsp3) is 0.385. The molecule has 1 aliphatic rings. The lowest BCUT2D eigenvalue weighted by molar-refractivity contribution is 0.231. The Morgan fingerprint density at radius 1 is 1.45 bits per heavy atom. The smallest absolute Gasteiger partial charge is 0.173 e. The molecule has 0 saturated heterocycles. The van der Waals surface area contributed by atoms with Gasteiger partial charge in [-0.15, -0.1) is 0 Å². The van der Waals surface area contributed by atoms with Crippen LogP contribution in [0.4, 0.5) is 15.8 Å². The van der Waals surface area contributed by atoms with Gasteiger partial charge in [0.15, 0.2) is 21.4 Å². The second-order valence-corrected chi connectivity index (χ2v) is 6.88. The molecule has 1 aliphatic heterocycles. The molecule has 1 aromatic rings. The van der Waals surface area contributed by atoms with E-state index in [2.05, 4.69) is 5.32 Å². The topological polar surface area (TPSA) is 81.4 Å². The van der Waals surface area contributed by atoms with Gasteiger partial charge in [0.2, 0.25) is 0 Å². The van der Waals surface area contributed by atoms with Crippen molar-refractivity contribution in [3.8, 4) is 5.75 Å². The summed E-state index contributed by atoms with van der Waals surface area (Å²) in [4.78, 5) is 0. The lowest BCUT2D eigenvalue weighted by Crippen LogP contribution is -2.21. The van der Waals surface area contributed by atoms with Crippen molar-refractivity contribution in [3.05, 3.63) is 29.4 Å². The average molecular weight is 300 g/mol. The highest BCUT2D eigenvalue weighted by molar-refractivity contribution is 7.94. The summed E-state index contributed by atoms with van der Waals surface area (Å²) >= 11 is 0. The fourth-order valence-corrected chi connectivity index (χ4v) is 3.14. The van der Waals surface area contributed by atoms with Crippen molar-refractivity contribution in [1.82, 2.24) is 0 Å². The molecule has 1 atom stereocenters. The van der Waals surface area contributed by atoms with Crippen LogP contribution in [0, 0.1) is 5.82 Å². The summed E-state index contributed by atoms with van der Waals surface area (Å²) in [6.07, 6.45) is 1.37. The first kappa shape index (κ1) is 14.6. The lowest BCUT2D eigenvalue weighted by Gasteiger charge is -2.17. The van der Waals surface area contributed by atoms with Crippen molar-refractivity contribution in [1.29, 1.82) is 0 Å². The van der Waals surface area contributed by atoms with Gasteiger partial charge in [-0.3, -0.25) is 0 Å². The number of rotatable bonds is 4. The number of nitrogens with one attached hydrogen (secondary N) is 1. The van der Waals surface area contributed by atoms with E-state index in [4.69, 9.17) is 10.5 Å². The van der Waals surface area contributed by atoms with Crippen LogP contribution in [0.3, 0.4) is 0 Å². The molecule has 0 aliphatic carbocycles. The minimum Gasteiger partial charge on any atom is -0.488 e. The molecule has 5 nitrogen and oxygen atoms in total. The molecular weight excluding hydrogens is 283 g/mol. The summed E-state index contributed by atoms with van der Waals surface area (Å²) in [7, 11) is -3.15. The van der Waals surface area contributed by atoms with Gasteiger partial charge in [0.1, 0.15) is 0 Å². The van der Waals surface area contributed by atoms with Crippen molar-refractivity contribution < 1.29 is 17.5 Å². The standard InChI is InChI=1S/C13H17FN2O3S/c1-8(2)19-13-6-12(11(15)5-10(13)14)16-9-3-4-20(17,18)7-9/h3-6,8-9,16H,7,15H2,1-2H3. The molecule has 2 rings (SSSR count). The molecule has 0 fully saturated rings. The van der Waals surface area contributed by atoms with Crippen LogP contribution in [0.25, 0.3) is 0 Å². The monoisotopic (exact) mass is 300 g/mol. The zero-order valence-electron chi connectivity index (χ0n) is 11.3. The molecule has 110 valence electrons. The molecule has 20 heavy (non-hydrogen) atoms. The molecule has 0 spiro atoms. The molecule has 0 amide bonds. The van der Waals surface area contributed by atoms with Gasteiger partial charge in [-0.25, -0.2) is 12.8 Å². The van der Waals surface area contributed by atoms with Gasteiger partial charge in [0.05, 0.1) is 29.3 Å². The number of hydrogen-bond donors (Lipinski definition) is 2. The molecule has 1 heterocycles. The molecule has 1 aromatic carbocycles. The van der Waals surface area contributed by atoms with Gasteiger partial charge in [-0.05, 0) is 13.8 Å². The number of nitrogens with two attached hydrogens (primary N) is 1. The third-order valence-corrected chi connectivity index (χ3v) is 4.13. The Labute approximate surface area is 117 Å². The van der Waals surface area contributed by atoms with E-state index in [1.54, 1.807) is 19.9 Å². The summed E-state index contributed by atoms with van der Waals surface area (Å²) in [6, 6.07) is 2.23. The van der Waals surface area contributed by atoms with Gasteiger partial charge < -0.3 is 15.8 Å². The number of sulfone groups is 1. The first-order chi connectivity index (χ1) is 9.27. The molecule has 0 radical (unpaired) electrons. The summed E-state index contributed by atoms with van der Waals surface area (Å²) in [5.74, 6) is -0.498. The van der Waals surface area contributed by atoms with Gasteiger partial charge >= 0.3 is 0 Å². The van der Waals surface area contributed by atoms with E-state index in [0.29, 0.717) is 5.69 Å². The van der Waals surface area contributed by atoms with Crippen molar-refractivity contribution in [2.45, 2.75) is 26.0 Å². The Morgan fingerprint density at radius 3 is 2.70 bits per heavy atom. The molecular formula is C13H17FN2O3S. The lowest BCUT2D eigenvalue weighted by atomic mass is 10.2. The number of ether oxygens (including phenoxy) is 1. The Kier molecular flexibility index (Phi) is 3.89. The number of halogens is 1. The first-order valence-electron chi connectivity index (χ1n) is 6.20. The molecule has 0 saturated carbocycles. The summed E-state index contributed by atoms with van der Waals surface area (Å²) in [5, 5.41) is 4.13.